The fourth-order valence-electron chi connectivity index (χ4n) is 1.88. The third kappa shape index (κ3) is 3.46. The normalized spacial score (nSPS) is 20.1. The molecule has 2 rings (SSSR count). The molecular formula is C10H14N4O4S. The summed E-state index contributed by atoms with van der Waals surface area (Å²) in [5.74, 6) is -0.377. The van der Waals surface area contributed by atoms with E-state index in [1.165, 1.54) is 6.07 Å². The maximum atomic E-state index is 12.0. The second kappa shape index (κ2) is 5.59. The molecular weight excluding hydrogens is 272 g/mol. The molecule has 9 heteroatoms. The Balaban J connectivity index is 2.12. The topological polar surface area (TPSA) is 114 Å². The molecule has 1 atom stereocenters. The van der Waals surface area contributed by atoms with Gasteiger partial charge < -0.3 is 15.4 Å². The van der Waals surface area contributed by atoms with Crippen LogP contribution in [0.5, 0.6) is 0 Å². The van der Waals surface area contributed by atoms with E-state index in [-0.39, 0.29) is 16.8 Å². The van der Waals surface area contributed by atoms with Crippen LogP contribution in [0.15, 0.2) is 23.2 Å². The number of nitro groups is 1. The Morgan fingerprint density at radius 1 is 1.47 bits per heavy atom. The number of hydrogen-bond acceptors (Lipinski definition) is 6. The maximum Gasteiger partial charge on any atom is 0.363 e. The highest BCUT2D eigenvalue weighted by atomic mass is 32.2. The summed E-state index contributed by atoms with van der Waals surface area (Å²) in [5, 5.41) is 13.5. The second-order valence-corrected chi connectivity index (χ2v) is 5.99. The smallest absolute Gasteiger partial charge is 0.358 e. The summed E-state index contributed by atoms with van der Waals surface area (Å²) >= 11 is 0. The summed E-state index contributed by atoms with van der Waals surface area (Å²) in [5.41, 5.74) is 0. The van der Waals surface area contributed by atoms with Crippen molar-refractivity contribution in [3.63, 3.8) is 0 Å². The van der Waals surface area contributed by atoms with Crippen LogP contribution in [0.3, 0.4) is 0 Å². The SMILES string of the molecule is O=[N+]([O-])c1ccc(S(=O)(=O)N[C@H]2CCCNC2)cn1. The van der Waals surface area contributed by atoms with Crippen molar-refractivity contribution >= 4 is 15.8 Å². The molecule has 1 aromatic rings. The first-order chi connectivity index (χ1) is 8.99. The fourth-order valence-corrected chi connectivity index (χ4v) is 3.09. The molecule has 2 N–H and O–H groups in total. The molecule has 0 bridgehead atoms. The van der Waals surface area contributed by atoms with Crippen LogP contribution in [-0.4, -0.2) is 37.5 Å². The lowest BCUT2D eigenvalue weighted by Gasteiger charge is -2.23. The number of aromatic nitrogens is 1. The zero-order valence-corrected chi connectivity index (χ0v) is 10.9. The summed E-state index contributed by atoms with van der Waals surface area (Å²) in [4.78, 5) is 13.2. The highest BCUT2D eigenvalue weighted by Gasteiger charge is 2.23. The van der Waals surface area contributed by atoms with Gasteiger partial charge in [-0.3, -0.25) is 0 Å². The molecule has 0 amide bonds. The summed E-state index contributed by atoms with van der Waals surface area (Å²) in [6.45, 7) is 1.47. The predicted molar refractivity (Wildman–Crippen MR) is 67.1 cm³/mol. The lowest BCUT2D eigenvalue weighted by atomic mass is 10.1. The monoisotopic (exact) mass is 286 g/mol. The lowest BCUT2D eigenvalue weighted by Crippen LogP contribution is -2.45. The fraction of sp³-hybridized carbons (Fsp3) is 0.500. The van der Waals surface area contributed by atoms with E-state index in [2.05, 4.69) is 15.0 Å². The van der Waals surface area contributed by atoms with Crippen LogP contribution in [0.4, 0.5) is 5.82 Å². The van der Waals surface area contributed by atoms with Gasteiger partial charge >= 0.3 is 5.82 Å². The van der Waals surface area contributed by atoms with E-state index < -0.39 is 14.9 Å². The van der Waals surface area contributed by atoms with Crippen LogP contribution >= 0.6 is 0 Å². The molecule has 1 fully saturated rings. The third-order valence-electron chi connectivity index (χ3n) is 2.84. The Labute approximate surface area is 110 Å². The van der Waals surface area contributed by atoms with Gasteiger partial charge in [-0.1, -0.05) is 0 Å². The summed E-state index contributed by atoms with van der Waals surface area (Å²) in [6.07, 6.45) is 2.68. The Kier molecular flexibility index (Phi) is 4.08. The third-order valence-corrected chi connectivity index (χ3v) is 4.34. The van der Waals surface area contributed by atoms with E-state index in [4.69, 9.17) is 0 Å². The zero-order valence-electron chi connectivity index (χ0n) is 10.1. The van der Waals surface area contributed by atoms with Crippen LogP contribution in [0.25, 0.3) is 0 Å². The van der Waals surface area contributed by atoms with Crippen molar-refractivity contribution in [1.29, 1.82) is 0 Å². The number of rotatable bonds is 4. The zero-order chi connectivity index (χ0) is 13.9. The molecule has 0 radical (unpaired) electrons. The minimum atomic E-state index is -3.68. The highest BCUT2D eigenvalue weighted by Crippen LogP contribution is 2.13. The number of pyridine rings is 1. The van der Waals surface area contributed by atoms with Crippen LogP contribution < -0.4 is 10.0 Å². The predicted octanol–water partition coefficient (Wildman–Crippen LogP) is 0.0201. The quantitative estimate of drug-likeness (QED) is 0.595. The first kappa shape index (κ1) is 13.8. The van der Waals surface area contributed by atoms with Gasteiger partial charge in [0.2, 0.25) is 10.0 Å². The van der Waals surface area contributed by atoms with E-state index in [1.54, 1.807) is 0 Å². The molecule has 1 aliphatic heterocycles. The van der Waals surface area contributed by atoms with E-state index in [0.29, 0.717) is 6.54 Å². The minimum Gasteiger partial charge on any atom is -0.358 e. The first-order valence-electron chi connectivity index (χ1n) is 5.82. The van der Waals surface area contributed by atoms with E-state index in [0.717, 1.165) is 31.6 Å². The molecule has 0 aliphatic carbocycles. The number of nitrogens with zero attached hydrogens (tertiary/aromatic N) is 2. The second-order valence-electron chi connectivity index (χ2n) is 4.27. The average Bonchev–Trinajstić information content (AvgIpc) is 2.39. The van der Waals surface area contributed by atoms with E-state index >= 15 is 0 Å². The van der Waals surface area contributed by atoms with Gasteiger partial charge in [-0.05, 0) is 35.4 Å². The Morgan fingerprint density at radius 3 is 2.79 bits per heavy atom. The van der Waals surface area contributed by atoms with Crippen molar-refractivity contribution in [2.75, 3.05) is 13.1 Å². The van der Waals surface area contributed by atoms with Crippen molar-refractivity contribution in [1.82, 2.24) is 15.0 Å². The van der Waals surface area contributed by atoms with Gasteiger partial charge in [0, 0.05) is 18.7 Å². The number of nitrogens with one attached hydrogen (secondary N) is 2. The summed E-state index contributed by atoms with van der Waals surface area (Å²) in [6, 6.07) is 2.10. The van der Waals surface area contributed by atoms with Crippen molar-refractivity contribution < 1.29 is 13.3 Å². The number of piperidine rings is 1. The maximum absolute atomic E-state index is 12.0. The lowest BCUT2D eigenvalue weighted by molar-refractivity contribution is -0.389. The number of hydrogen-bond donors (Lipinski definition) is 2. The van der Waals surface area contributed by atoms with Crippen LogP contribution in [-0.2, 0) is 10.0 Å². The molecule has 0 unspecified atom stereocenters. The first-order valence-corrected chi connectivity index (χ1v) is 7.31. The van der Waals surface area contributed by atoms with E-state index in [9.17, 15) is 18.5 Å². The van der Waals surface area contributed by atoms with Gasteiger partial charge in [-0.25, -0.2) is 13.1 Å². The van der Waals surface area contributed by atoms with Gasteiger partial charge in [-0.15, -0.1) is 0 Å². The minimum absolute atomic E-state index is 0.0660. The Hall–Kier alpha value is -1.58. The van der Waals surface area contributed by atoms with Gasteiger partial charge in [0.1, 0.15) is 4.90 Å². The van der Waals surface area contributed by atoms with Gasteiger partial charge in [0.25, 0.3) is 0 Å². The van der Waals surface area contributed by atoms with Gasteiger partial charge in [0.15, 0.2) is 6.20 Å². The molecule has 104 valence electrons. The van der Waals surface area contributed by atoms with Gasteiger partial charge in [-0.2, -0.15) is 0 Å². The molecule has 0 saturated carbocycles. The molecule has 1 aliphatic rings. The van der Waals surface area contributed by atoms with Crippen molar-refractivity contribution in [2.24, 2.45) is 0 Å². The van der Waals surface area contributed by atoms with Crippen LogP contribution in [0.1, 0.15) is 12.8 Å². The molecule has 19 heavy (non-hydrogen) atoms. The standard InChI is InChI=1S/C10H14N4O4S/c15-14(16)10-4-3-9(7-12-10)19(17,18)13-8-2-1-5-11-6-8/h3-4,7-8,11,13H,1-2,5-6H2/t8-/m0/s1. The summed E-state index contributed by atoms with van der Waals surface area (Å²) in [7, 11) is -3.68. The van der Waals surface area contributed by atoms with Crippen LogP contribution in [0.2, 0.25) is 0 Å². The molecule has 1 aromatic heterocycles. The highest BCUT2D eigenvalue weighted by molar-refractivity contribution is 7.89. The average molecular weight is 286 g/mol. The van der Waals surface area contributed by atoms with Crippen LogP contribution in [0, 0.1) is 10.1 Å². The molecule has 8 nitrogen and oxygen atoms in total. The molecule has 0 spiro atoms. The molecule has 1 saturated heterocycles. The van der Waals surface area contributed by atoms with E-state index in [1.807, 2.05) is 0 Å². The molecule has 2 heterocycles. The largest absolute Gasteiger partial charge is 0.363 e. The Morgan fingerprint density at radius 2 is 2.26 bits per heavy atom. The van der Waals surface area contributed by atoms with Crippen molar-refractivity contribution in [3.05, 3.63) is 28.4 Å². The Bertz CT molecular complexity index is 551. The van der Waals surface area contributed by atoms with Crippen molar-refractivity contribution in [2.45, 2.75) is 23.8 Å². The summed E-state index contributed by atoms with van der Waals surface area (Å²) < 4.78 is 26.6. The molecule has 0 aromatic carbocycles. The van der Waals surface area contributed by atoms with Crippen molar-refractivity contribution in [3.8, 4) is 0 Å². The number of sulfonamides is 1. The van der Waals surface area contributed by atoms with Gasteiger partial charge in [0.05, 0.1) is 0 Å².